The molecule has 6 heteroatoms. The van der Waals surface area contributed by atoms with Crippen molar-refractivity contribution in [1.82, 2.24) is 0 Å². The smallest absolute Gasteiger partial charge is 0.150 e. The Morgan fingerprint density at radius 1 is 0.680 bits per heavy atom. The van der Waals surface area contributed by atoms with Gasteiger partial charge in [-0.25, -0.2) is 21.8 Å². The summed E-state index contributed by atoms with van der Waals surface area (Å²) in [5, 5.41) is 0. The highest BCUT2D eigenvalue weighted by Crippen LogP contribution is 2.33. The minimum absolute atomic E-state index is 0.0135. The fourth-order valence-electron chi connectivity index (χ4n) is 2.55. The first-order valence-corrected chi connectivity index (χ1v) is 8.46. The zero-order valence-electron chi connectivity index (χ0n) is 13.0. The summed E-state index contributed by atoms with van der Waals surface area (Å²) in [5.74, 6) is -4.48. The Kier molecular flexibility index (Phi) is 4.72. The third kappa shape index (κ3) is 3.09. The molecule has 0 N–H and O–H groups in total. The van der Waals surface area contributed by atoms with Crippen LogP contribution >= 0.6 is 0 Å². The molecule has 0 saturated heterocycles. The van der Waals surface area contributed by atoms with Gasteiger partial charge in [0.25, 0.3) is 0 Å². The number of aryl methyl sites for hydroxylation is 1. The van der Waals surface area contributed by atoms with Crippen LogP contribution in [0.25, 0.3) is 11.1 Å². The molecule has 3 aromatic carbocycles. The van der Waals surface area contributed by atoms with Gasteiger partial charge in [-0.3, -0.25) is 0 Å². The molecule has 0 aliphatic heterocycles. The van der Waals surface area contributed by atoms with Crippen molar-refractivity contribution in [3.05, 3.63) is 83.4 Å². The van der Waals surface area contributed by atoms with E-state index >= 15 is 0 Å². The summed E-state index contributed by atoms with van der Waals surface area (Å²) in [7, 11) is -2.68. The molecule has 1 unspecified atom stereocenters. The minimum Gasteiger partial charge on any atom is -0.249 e. The van der Waals surface area contributed by atoms with Gasteiger partial charge in [-0.1, -0.05) is 30.3 Å². The standard InChI is InChI=1S/C19H12F4OS/c1-11-5-2-3-6-12(11)13-9-10-16(22)19(17(13)23)25(24)18-14(20)7-4-8-15(18)21/h2-10H,1H3. The van der Waals surface area contributed by atoms with Gasteiger partial charge in [0, 0.05) is 5.56 Å². The topological polar surface area (TPSA) is 17.1 Å². The third-order valence-corrected chi connectivity index (χ3v) is 5.28. The zero-order chi connectivity index (χ0) is 18.1. The highest BCUT2D eigenvalue weighted by Gasteiger charge is 2.26. The van der Waals surface area contributed by atoms with Crippen molar-refractivity contribution in [3.63, 3.8) is 0 Å². The Bertz CT molecular complexity index is 965. The Labute approximate surface area is 144 Å². The molecule has 0 aliphatic rings. The van der Waals surface area contributed by atoms with Gasteiger partial charge in [-0.2, -0.15) is 0 Å². The van der Waals surface area contributed by atoms with Gasteiger partial charge in [0.05, 0.1) is 10.8 Å². The van der Waals surface area contributed by atoms with Crippen LogP contribution in [-0.2, 0) is 10.8 Å². The average Bonchev–Trinajstić information content (AvgIpc) is 2.56. The molecule has 0 aliphatic carbocycles. The van der Waals surface area contributed by atoms with Gasteiger partial charge in [-0.05, 0) is 42.3 Å². The maximum Gasteiger partial charge on any atom is 0.150 e. The molecule has 0 amide bonds. The van der Waals surface area contributed by atoms with Crippen LogP contribution in [0.15, 0.2) is 64.4 Å². The van der Waals surface area contributed by atoms with Crippen molar-refractivity contribution in [2.45, 2.75) is 16.7 Å². The van der Waals surface area contributed by atoms with Gasteiger partial charge < -0.3 is 0 Å². The Balaban J connectivity index is 2.23. The molecule has 3 aromatic rings. The van der Waals surface area contributed by atoms with Crippen molar-refractivity contribution in [3.8, 4) is 11.1 Å². The van der Waals surface area contributed by atoms with Crippen LogP contribution in [0.1, 0.15) is 5.56 Å². The van der Waals surface area contributed by atoms with Crippen LogP contribution in [0.3, 0.4) is 0 Å². The first-order chi connectivity index (χ1) is 11.9. The fraction of sp³-hybridized carbons (Fsp3) is 0.0526. The largest absolute Gasteiger partial charge is 0.249 e. The van der Waals surface area contributed by atoms with Crippen molar-refractivity contribution in [1.29, 1.82) is 0 Å². The monoisotopic (exact) mass is 364 g/mol. The number of halogens is 4. The highest BCUT2D eigenvalue weighted by molar-refractivity contribution is 7.85. The zero-order valence-corrected chi connectivity index (χ0v) is 13.8. The predicted octanol–water partition coefficient (Wildman–Crippen LogP) is 5.39. The lowest BCUT2D eigenvalue weighted by Crippen LogP contribution is -2.06. The summed E-state index contributed by atoms with van der Waals surface area (Å²) in [6, 6.07) is 11.8. The molecule has 0 bridgehead atoms. The van der Waals surface area contributed by atoms with Crippen molar-refractivity contribution in [2.75, 3.05) is 0 Å². The van der Waals surface area contributed by atoms with Gasteiger partial charge >= 0.3 is 0 Å². The van der Waals surface area contributed by atoms with Crippen LogP contribution < -0.4 is 0 Å². The van der Waals surface area contributed by atoms with Crippen LogP contribution in [0.4, 0.5) is 17.6 Å². The van der Waals surface area contributed by atoms with Crippen molar-refractivity contribution in [2.24, 2.45) is 0 Å². The van der Waals surface area contributed by atoms with Crippen LogP contribution in [0.5, 0.6) is 0 Å². The quantitative estimate of drug-likeness (QED) is 0.570. The Morgan fingerprint density at radius 3 is 1.92 bits per heavy atom. The first kappa shape index (κ1) is 17.4. The summed E-state index contributed by atoms with van der Waals surface area (Å²) in [5.41, 5.74) is 1.22. The molecule has 0 aromatic heterocycles. The summed E-state index contributed by atoms with van der Waals surface area (Å²) in [6.07, 6.45) is 0. The molecule has 3 rings (SSSR count). The maximum absolute atomic E-state index is 14.9. The lowest BCUT2D eigenvalue weighted by molar-refractivity contribution is 0.521. The first-order valence-electron chi connectivity index (χ1n) is 7.31. The van der Waals surface area contributed by atoms with Gasteiger partial charge in [0.1, 0.15) is 27.2 Å². The maximum atomic E-state index is 14.9. The minimum atomic E-state index is -2.68. The van der Waals surface area contributed by atoms with E-state index in [0.29, 0.717) is 5.56 Å². The molecule has 0 fully saturated rings. The van der Waals surface area contributed by atoms with E-state index in [0.717, 1.165) is 29.8 Å². The third-order valence-electron chi connectivity index (χ3n) is 3.77. The molecule has 0 saturated carbocycles. The lowest BCUT2D eigenvalue weighted by atomic mass is 10.0. The molecule has 0 radical (unpaired) electrons. The average molecular weight is 364 g/mol. The predicted molar refractivity (Wildman–Crippen MR) is 87.6 cm³/mol. The fourth-order valence-corrected chi connectivity index (χ4v) is 3.76. The molecule has 0 spiro atoms. The van der Waals surface area contributed by atoms with Gasteiger partial charge in [0.2, 0.25) is 0 Å². The number of hydrogen-bond acceptors (Lipinski definition) is 1. The van der Waals surface area contributed by atoms with Crippen LogP contribution in [0.2, 0.25) is 0 Å². The molecular formula is C19H12F4OS. The second-order valence-corrected chi connectivity index (χ2v) is 6.73. The van der Waals surface area contributed by atoms with Crippen LogP contribution in [-0.4, -0.2) is 4.21 Å². The SMILES string of the molecule is Cc1ccccc1-c1ccc(F)c(S(=O)c2c(F)cccc2F)c1F. The van der Waals surface area contributed by atoms with E-state index in [-0.39, 0.29) is 5.56 Å². The normalized spacial score (nSPS) is 12.2. The second-order valence-electron chi connectivity index (χ2n) is 5.37. The summed E-state index contributed by atoms with van der Waals surface area (Å²) < 4.78 is 69.4. The molecule has 25 heavy (non-hydrogen) atoms. The summed E-state index contributed by atoms with van der Waals surface area (Å²) in [6.45, 7) is 1.74. The molecule has 1 atom stereocenters. The summed E-state index contributed by atoms with van der Waals surface area (Å²) in [4.78, 5) is -1.74. The van der Waals surface area contributed by atoms with Gasteiger partial charge in [-0.15, -0.1) is 0 Å². The molecular weight excluding hydrogens is 352 g/mol. The number of hydrogen-bond donors (Lipinski definition) is 0. The number of benzene rings is 3. The Hall–Kier alpha value is -2.47. The van der Waals surface area contributed by atoms with E-state index in [4.69, 9.17) is 0 Å². The molecule has 128 valence electrons. The van der Waals surface area contributed by atoms with E-state index < -0.39 is 43.9 Å². The Morgan fingerprint density at radius 2 is 1.28 bits per heavy atom. The number of rotatable bonds is 3. The highest BCUT2D eigenvalue weighted by atomic mass is 32.2. The van der Waals surface area contributed by atoms with Crippen molar-refractivity contribution < 1.29 is 21.8 Å². The lowest BCUT2D eigenvalue weighted by Gasteiger charge is -2.12. The van der Waals surface area contributed by atoms with E-state index in [1.54, 1.807) is 31.2 Å². The second kappa shape index (κ2) is 6.80. The van der Waals surface area contributed by atoms with E-state index in [2.05, 4.69) is 0 Å². The molecule has 1 nitrogen and oxygen atoms in total. The van der Waals surface area contributed by atoms with E-state index in [9.17, 15) is 21.8 Å². The summed E-state index contributed by atoms with van der Waals surface area (Å²) >= 11 is 0. The molecule has 0 heterocycles. The van der Waals surface area contributed by atoms with E-state index in [1.165, 1.54) is 6.07 Å². The van der Waals surface area contributed by atoms with Gasteiger partial charge in [0.15, 0.2) is 5.82 Å². The van der Waals surface area contributed by atoms with Crippen LogP contribution in [0, 0.1) is 30.2 Å². The van der Waals surface area contributed by atoms with E-state index in [1.807, 2.05) is 0 Å². The van der Waals surface area contributed by atoms with Crippen molar-refractivity contribution >= 4 is 10.8 Å².